The van der Waals surface area contributed by atoms with Crippen molar-refractivity contribution in [2.75, 3.05) is 24.7 Å². The van der Waals surface area contributed by atoms with Crippen molar-refractivity contribution in [2.45, 2.75) is 19.5 Å². The van der Waals surface area contributed by atoms with Crippen LogP contribution >= 0.6 is 0 Å². The maximum Gasteiger partial charge on any atom is 0.242 e. The lowest BCUT2D eigenvalue weighted by Gasteiger charge is -2.35. The maximum absolute atomic E-state index is 11.5. The van der Waals surface area contributed by atoms with E-state index in [2.05, 4.69) is 5.10 Å². The molecular formula is C11H19N5O2. The molecule has 7 heteroatoms. The van der Waals surface area contributed by atoms with Crippen LogP contribution in [-0.4, -0.2) is 41.5 Å². The average molecular weight is 253 g/mol. The van der Waals surface area contributed by atoms with Gasteiger partial charge in [-0.05, 0) is 6.92 Å². The van der Waals surface area contributed by atoms with Gasteiger partial charge >= 0.3 is 0 Å². The third-order valence-corrected chi connectivity index (χ3v) is 3.25. The smallest absolute Gasteiger partial charge is 0.242 e. The third-order valence-electron chi connectivity index (χ3n) is 3.25. The molecule has 1 aromatic heterocycles. The van der Waals surface area contributed by atoms with Crippen LogP contribution in [0.4, 0.5) is 5.82 Å². The van der Waals surface area contributed by atoms with E-state index in [0.717, 1.165) is 17.1 Å². The van der Waals surface area contributed by atoms with Gasteiger partial charge in [0.2, 0.25) is 5.91 Å². The fraction of sp³-hybridized carbons (Fsp3) is 0.636. The van der Waals surface area contributed by atoms with Crippen LogP contribution < -0.4 is 16.4 Å². The number of aryl methyl sites for hydroxylation is 2. The maximum atomic E-state index is 11.5. The van der Waals surface area contributed by atoms with Crippen molar-refractivity contribution in [3.8, 4) is 0 Å². The first-order valence-electron chi connectivity index (χ1n) is 5.92. The number of carbonyl (C=O) groups excluding carboxylic acids is 1. The number of nitrogens with zero attached hydrogens (tertiary/aromatic N) is 3. The monoisotopic (exact) mass is 253 g/mol. The molecule has 1 aromatic rings. The Morgan fingerprint density at radius 3 is 2.94 bits per heavy atom. The summed E-state index contributed by atoms with van der Waals surface area (Å²) < 4.78 is 7.06. The Morgan fingerprint density at radius 1 is 1.61 bits per heavy atom. The second-order valence-corrected chi connectivity index (χ2v) is 4.40. The normalized spacial score (nSPS) is 20.2. The first kappa shape index (κ1) is 12.8. The highest BCUT2D eigenvalue weighted by Gasteiger charge is 2.31. The fourth-order valence-electron chi connectivity index (χ4n) is 2.38. The summed E-state index contributed by atoms with van der Waals surface area (Å²) >= 11 is 0. The molecule has 1 amide bonds. The molecule has 0 aromatic carbocycles. The van der Waals surface area contributed by atoms with E-state index in [9.17, 15) is 4.79 Å². The van der Waals surface area contributed by atoms with Gasteiger partial charge in [0.1, 0.15) is 11.9 Å². The van der Waals surface area contributed by atoms with Crippen LogP contribution in [-0.2, 0) is 23.1 Å². The number of amides is 1. The molecule has 0 saturated carbocycles. The van der Waals surface area contributed by atoms with Crippen LogP contribution in [0.2, 0.25) is 0 Å². The minimum Gasteiger partial charge on any atom is -0.377 e. The van der Waals surface area contributed by atoms with E-state index in [4.69, 9.17) is 16.2 Å². The first-order chi connectivity index (χ1) is 8.56. The van der Waals surface area contributed by atoms with Crippen LogP contribution in [0.3, 0.4) is 0 Å². The number of primary amides is 1. The molecule has 1 aliphatic heterocycles. The molecular weight excluding hydrogens is 234 g/mol. The Labute approximate surface area is 106 Å². The van der Waals surface area contributed by atoms with Crippen LogP contribution in [0.25, 0.3) is 0 Å². The third kappa shape index (κ3) is 2.06. The molecule has 1 unspecified atom stereocenters. The van der Waals surface area contributed by atoms with Crippen molar-refractivity contribution >= 4 is 11.7 Å². The van der Waals surface area contributed by atoms with E-state index in [1.165, 1.54) is 0 Å². The second kappa shape index (κ2) is 4.95. The Balaban J connectivity index is 2.42. The van der Waals surface area contributed by atoms with Gasteiger partial charge in [-0.2, -0.15) is 5.10 Å². The van der Waals surface area contributed by atoms with Gasteiger partial charge in [-0.1, -0.05) is 0 Å². The zero-order valence-corrected chi connectivity index (χ0v) is 10.7. The molecule has 1 aliphatic rings. The van der Waals surface area contributed by atoms with Crippen LogP contribution in [0.1, 0.15) is 11.3 Å². The van der Waals surface area contributed by atoms with Crippen molar-refractivity contribution in [3.05, 3.63) is 11.3 Å². The number of ether oxygens (including phenoxy) is 1. The van der Waals surface area contributed by atoms with E-state index >= 15 is 0 Å². The van der Waals surface area contributed by atoms with Crippen molar-refractivity contribution in [1.82, 2.24) is 9.78 Å². The molecule has 7 nitrogen and oxygen atoms in total. The largest absolute Gasteiger partial charge is 0.377 e. The summed E-state index contributed by atoms with van der Waals surface area (Å²) in [6, 6.07) is -0.459. The SMILES string of the molecule is Cc1nn(C)c(N2CCOCC2C(N)=O)c1CN. The van der Waals surface area contributed by atoms with Crippen molar-refractivity contribution in [1.29, 1.82) is 0 Å². The van der Waals surface area contributed by atoms with Gasteiger partial charge in [0.05, 0.1) is 18.9 Å². The molecule has 2 heterocycles. The number of hydrogen-bond donors (Lipinski definition) is 2. The summed E-state index contributed by atoms with van der Waals surface area (Å²) in [5.41, 5.74) is 13.0. The Morgan fingerprint density at radius 2 is 2.33 bits per heavy atom. The number of rotatable bonds is 3. The second-order valence-electron chi connectivity index (χ2n) is 4.40. The number of morpholine rings is 1. The highest BCUT2D eigenvalue weighted by molar-refractivity contribution is 5.84. The molecule has 0 aliphatic carbocycles. The predicted molar refractivity (Wildman–Crippen MR) is 67.0 cm³/mol. The number of nitrogens with two attached hydrogens (primary N) is 2. The minimum absolute atomic E-state index is 0.309. The van der Waals surface area contributed by atoms with E-state index in [1.807, 2.05) is 18.9 Å². The lowest BCUT2D eigenvalue weighted by molar-refractivity contribution is -0.121. The minimum atomic E-state index is -0.459. The van der Waals surface area contributed by atoms with Gasteiger partial charge < -0.3 is 21.1 Å². The molecule has 100 valence electrons. The summed E-state index contributed by atoms with van der Waals surface area (Å²) in [4.78, 5) is 13.4. The van der Waals surface area contributed by atoms with E-state index in [1.54, 1.807) is 4.68 Å². The van der Waals surface area contributed by atoms with Crippen molar-refractivity contribution in [2.24, 2.45) is 18.5 Å². The lowest BCUT2D eigenvalue weighted by Crippen LogP contribution is -2.53. The highest BCUT2D eigenvalue weighted by atomic mass is 16.5. The molecule has 18 heavy (non-hydrogen) atoms. The van der Waals surface area contributed by atoms with E-state index < -0.39 is 11.9 Å². The van der Waals surface area contributed by atoms with Crippen molar-refractivity contribution < 1.29 is 9.53 Å². The zero-order chi connectivity index (χ0) is 13.3. The van der Waals surface area contributed by atoms with Crippen LogP contribution in [0.15, 0.2) is 0 Å². The molecule has 0 bridgehead atoms. The number of anilines is 1. The zero-order valence-electron chi connectivity index (χ0n) is 10.7. The van der Waals surface area contributed by atoms with Crippen LogP contribution in [0.5, 0.6) is 0 Å². The molecule has 2 rings (SSSR count). The molecule has 0 radical (unpaired) electrons. The number of hydrogen-bond acceptors (Lipinski definition) is 5. The van der Waals surface area contributed by atoms with E-state index in [-0.39, 0.29) is 0 Å². The highest BCUT2D eigenvalue weighted by Crippen LogP contribution is 2.26. The van der Waals surface area contributed by atoms with Gasteiger partial charge in [0.15, 0.2) is 0 Å². The summed E-state index contributed by atoms with van der Waals surface area (Å²) in [7, 11) is 1.84. The summed E-state index contributed by atoms with van der Waals surface area (Å²) in [6.45, 7) is 3.78. The predicted octanol–water partition coefficient (Wildman–Crippen LogP) is -1.12. The van der Waals surface area contributed by atoms with Crippen molar-refractivity contribution in [3.63, 3.8) is 0 Å². The topological polar surface area (TPSA) is 99.4 Å². The van der Waals surface area contributed by atoms with E-state index in [0.29, 0.717) is 26.3 Å². The molecule has 4 N–H and O–H groups in total. The molecule has 0 spiro atoms. The van der Waals surface area contributed by atoms with Gasteiger partial charge in [0, 0.05) is 25.7 Å². The fourth-order valence-corrected chi connectivity index (χ4v) is 2.38. The number of aromatic nitrogens is 2. The van der Waals surface area contributed by atoms with Gasteiger partial charge in [-0.15, -0.1) is 0 Å². The summed E-state index contributed by atoms with van der Waals surface area (Å²) in [5.74, 6) is 0.471. The molecule has 1 fully saturated rings. The standard InChI is InChI=1S/C11H19N5O2/c1-7-8(5-12)11(15(2)14-7)16-3-4-18-6-9(16)10(13)17/h9H,3-6,12H2,1-2H3,(H2,13,17). The Kier molecular flexibility index (Phi) is 3.53. The quantitative estimate of drug-likeness (QED) is 0.710. The first-order valence-corrected chi connectivity index (χ1v) is 5.92. The van der Waals surface area contributed by atoms with Gasteiger partial charge in [-0.3, -0.25) is 9.48 Å². The lowest BCUT2D eigenvalue weighted by atomic mass is 10.1. The molecule has 1 saturated heterocycles. The van der Waals surface area contributed by atoms with Gasteiger partial charge in [0.25, 0.3) is 0 Å². The Bertz CT molecular complexity index is 457. The summed E-state index contributed by atoms with van der Waals surface area (Å²) in [5, 5.41) is 4.35. The Hall–Kier alpha value is -1.60. The summed E-state index contributed by atoms with van der Waals surface area (Å²) in [6.07, 6.45) is 0. The number of carbonyl (C=O) groups is 1. The van der Waals surface area contributed by atoms with Gasteiger partial charge in [-0.25, -0.2) is 0 Å². The average Bonchev–Trinajstić information content (AvgIpc) is 2.63. The molecule has 1 atom stereocenters. The van der Waals surface area contributed by atoms with Crippen LogP contribution in [0, 0.1) is 6.92 Å².